The number of benzene rings is 1. The van der Waals surface area contributed by atoms with Crippen molar-refractivity contribution in [3.63, 3.8) is 0 Å². The van der Waals surface area contributed by atoms with Crippen LogP contribution in [0.1, 0.15) is 5.56 Å². The van der Waals surface area contributed by atoms with Crippen LogP contribution < -0.4 is 4.74 Å². The van der Waals surface area contributed by atoms with Crippen molar-refractivity contribution >= 4 is 28.4 Å². The van der Waals surface area contributed by atoms with Crippen LogP contribution in [0, 0.1) is 20.2 Å². The molecule has 23 heteroatoms. The number of fused-ring (bicyclic) bond motifs is 1. The summed E-state index contributed by atoms with van der Waals surface area (Å²) in [7, 11) is -10.3. The van der Waals surface area contributed by atoms with Crippen LogP contribution in [0.2, 0.25) is 0 Å². The first kappa shape index (κ1) is 30.9. The minimum Gasteiger partial charge on any atom is -0.475 e. The third kappa shape index (κ3) is 9.19. The molecule has 0 N–H and O–H groups in total. The molecule has 1 heterocycles. The van der Waals surface area contributed by atoms with Crippen LogP contribution in [-0.4, -0.2) is 60.7 Å². The first-order chi connectivity index (χ1) is 17.6. The lowest BCUT2D eigenvalue weighted by atomic mass is 10.0. The van der Waals surface area contributed by atoms with E-state index in [2.05, 4.69) is 28.6 Å². The summed E-state index contributed by atoms with van der Waals surface area (Å²) in [6.07, 6.45) is -12.1. The second kappa shape index (κ2) is 10.1. The van der Waals surface area contributed by atoms with Gasteiger partial charge in [-0.15, -0.1) is 20.2 Å². The van der Waals surface area contributed by atoms with Gasteiger partial charge in [-0.3, -0.25) is 0 Å². The monoisotopic (exact) mass is 608 g/mol. The van der Waals surface area contributed by atoms with Crippen LogP contribution in [-0.2, 0) is 28.7 Å². The van der Waals surface area contributed by atoms with Gasteiger partial charge in [0.1, 0.15) is 23.9 Å². The molecule has 39 heavy (non-hydrogen) atoms. The summed E-state index contributed by atoms with van der Waals surface area (Å²) in [6.45, 7) is -3.74. The molecule has 0 saturated carbocycles. The topological polar surface area (TPSA) is 176 Å². The van der Waals surface area contributed by atoms with Gasteiger partial charge in [0.05, 0.1) is 5.57 Å². The molecule has 0 spiro atoms. The summed E-state index contributed by atoms with van der Waals surface area (Å²) >= 11 is 0. The molecule has 220 valence electrons. The van der Waals surface area contributed by atoms with Crippen LogP contribution in [0.4, 0.5) is 37.4 Å². The number of nitrogens with zero attached hydrogens (tertiary/aromatic N) is 2. The predicted molar refractivity (Wildman–Crippen MR) is 104 cm³/mol. The number of hydrogen-bond donors (Lipinski definition) is 0. The molecule has 1 aromatic carbocycles. The van der Waals surface area contributed by atoms with Crippen LogP contribution in [0.3, 0.4) is 0 Å². The van der Waals surface area contributed by atoms with Crippen molar-refractivity contribution in [2.75, 3.05) is 20.0 Å². The SMILES string of the molecule is O=C(OCOC(=O)C1=Cc2cc(S(F)(F)(F)(F)F)ccc2O[C@@H]1C(F)(F)F)OC(CO[N+](=O)[O-])CO[N+](=O)[O-]. The first-order valence-corrected chi connectivity index (χ1v) is 11.4. The Balaban J connectivity index is 2.16. The highest BCUT2D eigenvalue weighted by Gasteiger charge is 2.65. The van der Waals surface area contributed by atoms with Gasteiger partial charge in [-0.1, -0.05) is 19.4 Å². The van der Waals surface area contributed by atoms with Gasteiger partial charge in [0, 0.05) is 5.56 Å². The van der Waals surface area contributed by atoms with Crippen LogP contribution >= 0.6 is 10.2 Å². The molecule has 0 bridgehead atoms. The third-order valence-electron chi connectivity index (χ3n) is 4.16. The number of alkyl halides is 3. The molecule has 1 aromatic rings. The fraction of sp³-hybridized carbons (Fsp3) is 0.375. The van der Waals surface area contributed by atoms with Gasteiger partial charge < -0.3 is 28.6 Å². The highest BCUT2D eigenvalue weighted by atomic mass is 32.5. The highest BCUT2D eigenvalue weighted by Crippen LogP contribution is 3.02. The molecule has 0 aromatic heterocycles. The Morgan fingerprint density at radius 3 is 2.05 bits per heavy atom. The zero-order valence-electron chi connectivity index (χ0n) is 18.3. The average molecular weight is 608 g/mol. The van der Waals surface area contributed by atoms with Gasteiger partial charge in [0.2, 0.25) is 12.9 Å². The maximum Gasteiger partial charge on any atom is 0.511 e. The standard InChI is InChI=1S/C16H12F8N2O12S/c17-16(18,19)13-11(4-8-3-10(1-2-12(8)38-13)39(20,21,22,23)24)14(27)33-7-34-15(28)37-9(5-35-25(29)30)6-36-26(31)32/h1-4,9,13H,5-7H2/t13-/m0/s1. The number of halogens is 8. The van der Waals surface area contributed by atoms with E-state index < -0.39 is 92.7 Å². The normalized spacial score (nSPS) is 16.8. The van der Waals surface area contributed by atoms with Crippen LogP contribution in [0.5, 0.6) is 5.75 Å². The van der Waals surface area contributed by atoms with Gasteiger partial charge in [-0.2, -0.15) is 13.2 Å². The molecule has 0 fully saturated rings. The van der Waals surface area contributed by atoms with E-state index in [0.717, 1.165) is 0 Å². The van der Waals surface area contributed by atoms with Gasteiger partial charge in [0.15, 0.2) is 6.10 Å². The summed E-state index contributed by atoms with van der Waals surface area (Å²) in [5.41, 5.74) is -2.52. The summed E-state index contributed by atoms with van der Waals surface area (Å²) in [6, 6.07) is -0.253. The van der Waals surface area contributed by atoms with Gasteiger partial charge >= 0.3 is 28.5 Å². The fourth-order valence-electron chi connectivity index (χ4n) is 2.62. The van der Waals surface area contributed by atoms with Gasteiger partial charge in [0.25, 0.3) is 10.2 Å². The first-order valence-electron chi connectivity index (χ1n) is 9.45. The van der Waals surface area contributed by atoms with Crippen molar-refractivity contribution in [3.05, 3.63) is 49.6 Å². The van der Waals surface area contributed by atoms with Crippen LogP contribution in [0.15, 0.2) is 28.7 Å². The molecule has 1 atom stereocenters. The van der Waals surface area contributed by atoms with E-state index in [1.54, 1.807) is 0 Å². The molecule has 0 aliphatic carbocycles. The van der Waals surface area contributed by atoms with E-state index in [1.165, 1.54) is 0 Å². The summed E-state index contributed by atoms with van der Waals surface area (Å²) in [5, 5.41) is 17.6. The van der Waals surface area contributed by atoms with Crippen LogP contribution in [0.25, 0.3) is 6.08 Å². The average Bonchev–Trinajstić information content (AvgIpc) is 2.77. The van der Waals surface area contributed by atoms with Crippen molar-refractivity contribution in [1.29, 1.82) is 0 Å². The number of carbonyl (C=O) groups excluding carboxylic acids is 2. The second-order valence-corrected chi connectivity index (χ2v) is 9.44. The van der Waals surface area contributed by atoms with E-state index in [4.69, 9.17) is 0 Å². The Hall–Kier alpha value is -4.31. The second-order valence-electron chi connectivity index (χ2n) is 7.03. The minimum atomic E-state index is -10.3. The largest absolute Gasteiger partial charge is 0.511 e. The summed E-state index contributed by atoms with van der Waals surface area (Å²) in [5.74, 6) is -2.92. The Kier molecular flexibility index (Phi) is 8.01. The maximum absolute atomic E-state index is 13.4. The lowest BCUT2D eigenvalue weighted by Gasteiger charge is -2.41. The molecule has 0 radical (unpaired) electrons. The number of rotatable bonds is 11. The number of carbonyl (C=O) groups is 2. The van der Waals surface area contributed by atoms with E-state index in [0.29, 0.717) is 0 Å². The van der Waals surface area contributed by atoms with E-state index in [-0.39, 0.29) is 24.3 Å². The molecule has 2 rings (SSSR count). The lowest BCUT2D eigenvalue weighted by molar-refractivity contribution is -0.768. The summed E-state index contributed by atoms with van der Waals surface area (Å²) < 4.78 is 123. The Labute approximate surface area is 208 Å². The van der Waals surface area contributed by atoms with Crippen molar-refractivity contribution in [1.82, 2.24) is 0 Å². The molecular formula is C16H12F8N2O12S. The number of ether oxygens (including phenoxy) is 4. The predicted octanol–water partition coefficient (Wildman–Crippen LogP) is 4.49. The molecule has 1 aliphatic heterocycles. The number of esters is 1. The molecule has 14 nitrogen and oxygen atoms in total. The number of hydrogen-bond acceptors (Lipinski definition) is 12. The van der Waals surface area contributed by atoms with Gasteiger partial charge in [-0.25, -0.2) is 9.59 Å². The zero-order chi connectivity index (χ0) is 29.9. The van der Waals surface area contributed by atoms with Gasteiger partial charge in [-0.05, 0) is 24.3 Å². The zero-order valence-corrected chi connectivity index (χ0v) is 19.1. The minimum absolute atomic E-state index is 0.143. The molecule has 0 unspecified atom stereocenters. The smallest absolute Gasteiger partial charge is 0.475 e. The Morgan fingerprint density at radius 1 is 1.00 bits per heavy atom. The lowest BCUT2D eigenvalue weighted by Crippen LogP contribution is -2.41. The fourth-order valence-corrected chi connectivity index (χ4v) is 3.29. The molecule has 0 saturated heterocycles. The Bertz CT molecular complexity index is 1170. The summed E-state index contributed by atoms with van der Waals surface area (Å²) in [4.78, 5) is 49.3. The van der Waals surface area contributed by atoms with E-state index in [9.17, 15) is 62.4 Å². The highest BCUT2D eigenvalue weighted by molar-refractivity contribution is 8.45. The molecular weight excluding hydrogens is 596 g/mol. The van der Waals surface area contributed by atoms with Crippen molar-refractivity contribution in [2.24, 2.45) is 0 Å². The van der Waals surface area contributed by atoms with E-state index >= 15 is 0 Å². The Morgan fingerprint density at radius 2 is 1.56 bits per heavy atom. The quantitative estimate of drug-likeness (QED) is 0.113. The van der Waals surface area contributed by atoms with Crippen molar-refractivity contribution in [2.45, 2.75) is 23.3 Å². The van der Waals surface area contributed by atoms with Crippen molar-refractivity contribution in [3.8, 4) is 5.75 Å². The maximum atomic E-state index is 13.4. The molecule has 0 amide bonds. The van der Waals surface area contributed by atoms with E-state index in [1.807, 2.05) is 0 Å². The third-order valence-corrected chi connectivity index (χ3v) is 5.30. The molecule has 1 aliphatic rings. The van der Waals surface area contributed by atoms with Crippen molar-refractivity contribution < 1.29 is 81.0 Å².